The highest BCUT2D eigenvalue weighted by atomic mass is 35.5. The zero-order valence-corrected chi connectivity index (χ0v) is 20.3. The standard InChI is InChI=1S/C21H28ClN3O8S/c1-3-13(15-7-4-10(2)33-15)23-16-17(20(29)19(16)28)24-14-6-5-12(22)21(18(14)27)34(30,31)25-8-11(26)9-32-25/h5-6,10-11,13,15,20,23-24,26-27,29H,3-4,7-9H2,1-2H3/t10-,11-,13-,15-,20?/m1/s1. The van der Waals surface area contributed by atoms with Crippen molar-refractivity contribution in [1.82, 2.24) is 9.79 Å². The van der Waals surface area contributed by atoms with Crippen molar-refractivity contribution < 1.29 is 38.1 Å². The second-order valence-corrected chi connectivity index (χ2v) is 10.8. The minimum Gasteiger partial charge on any atom is -0.504 e. The van der Waals surface area contributed by atoms with E-state index < -0.39 is 38.7 Å². The number of aliphatic hydroxyl groups excluding tert-OH is 2. The molecule has 188 valence electrons. The Kier molecular flexibility index (Phi) is 7.11. The third-order valence-electron chi connectivity index (χ3n) is 6.17. The number of aromatic hydroxyl groups is 1. The van der Waals surface area contributed by atoms with Crippen LogP contribution in [0.25, 0.3) is 0 Å². The Morgan fingerprint density at radius 2 is 2.03 bits per heavy atom. The van der Waals surface area contributed by atoms with Gasteiger partial charge in [-0.1, -0.05) is 23.0 Å². The van der Waals surface area contributed by atoms with Gasteiger partial charge >= 0.3 is 0 Å². The smallest absolute Gasteiger partial charge is 0.270 e. The van der Waals surface area contributed by atoms with Gasteiger partial charge in [-0.25, -0.2) is 8.42 Å². The van der Waals surface area contributed by atoms with E-state index in [0.29, 0.717) is 10.9 Å². The number of hydroxylamine groups is 1. The largest absolute Gasteiger partial charge is 0.504 e. The summed E-state index contributed by atoms with van der Waals surface area (Å²) in [5, 5.41) is 36.3. The first-order chi connectivity index (χ1) is 16.0. The lowest BCUT2D eigenvalue weighted by Gasteiger charge is -2.34. The summed E-state index contributed by atoms with van der Waals surface area (Å²) in [4.78, 5) is 16.8. The number of carbonyl (C=O) groups excluding carboxylic acids is 1. The van der Waals surface area contributed by atoms with Gasteiger partial charge in [0.2, 0.25) is 5.78 Å². The summed E-state index contributed by atoms with van der Waals surface area (Å²) in [6, 6.07) is 2.42. The monoisotopic (exact) mass is 517 g/mol. The molecule has 13 heteroatoms. The number of sulfonamides is 1. The van der Waals surface area contributed by atoms with Gasteiger partial charge < -0.3 is 30.7 Å². The Bertz CT molecular complexity index is 1110. The number of carbonyl (C=O) groups is 1. The Hall–Kier alpha value is -1.93. The summed E-state index contributed by atoms with van der Waals surface area (Å²) >= 11 is 6.08. The van der Waals surface area contributed by atoms with Crippen molar-refractivity contribution in [2.24, 2.45) is 0 Å². The Balaban J connectivity index is 1.62. The van der Waals surface area contributed by atoms with Gasteiger partial charge in [-0.05, 0) is 38.3 Å². The third kappa shape index (κ3) is 4.51. The topological polar surface area (TPSA) is 158 Å². The van der Waals surface area contributed by atoms with Crippen LogP contribution in [0.4, 0.5) is 5.69 Å². The maximum atomic E-state index is 13.0. The predicted octanol–water partition coefficient (Wildman–Crippen LogP) is 0.845. The van der Waals surface area contributed by atoms with E-state index in [-0.39, 0.29) is 53.5 Å². The van der Waals surface area contributed by atoms with Gasteiger partial charge in [0.15, 0.2) is 11.9 Å². The number of rotatable bonds is 8. The molecule has 1 aromatic carbocycles. The van der Waals surface area contributed by atoms with Crippen molar-refractivity contribution in [1.29, 1.82) is 0 Å². The third-order valence-corrected chi connectivity index (χ3v) is 8.32. The number of phenolic OH excluding ortho intramolecular Hbond substituents is 1. The molecular weight excluding hydrogens is 490 g/mol. The summed E-state index contributed by atoms with van der Waals surface area (Å²) in [5.74, 6) is -1.23. The molecule has 3 aliphatic rings. The summed E-state index contributed by atoms with van der Waals surface area (Å²) in [5.41, 5.74) is 0.165. The first kappa shape index (κ1) is 25.2. The SMILES string of the molecule is CC[C@@H](NC1=C(Nc2ccc(Cl)c(S(=O)(=O)N3C[C@@H](O)CO3)c2O)C(O)C1=O)[C@H]1CC[C@@H](C)O1. The van der Waals surface area contributed by atoms with Gasteiger partial charge in [-0.3, -0.25) is 9.63 Å². The number of β-amino-alcohol motifs (C(OH)–C–C–N with tert-alkyl or cyclic N) is 1. The Morgan fingerprint density at radius 3 is 2.62 bits per heavy atom. The molecule has 0 radical (unpaired) electrons. The quantitative estimate of drug-likeness (QED) is 0.313. The zero-order valence-electron chi connectivity index (χ0n) is 18.7. The summed E-state index contributed by atoms with van der Waals surface area (Å²) in [7, 11) is -4.41. The van der Waals surface area contributed by atoms with Gasteiger partial charge in [0, 0.05) is 0 Å². The fraction of sp³-hybridized carbons (Fsp3) is 0.571. The Morgan fingerprint density at radius 1 is 1.29 bits per heavy atom. The van der Waals surface area contributed by atoms with Crippen molar-refractivity contribution in [2.45, 2.75) is 68.5 Å². The van der Waals surface area contributed by atoms with Crippen LogP contribution in [0.2, 0.25) is 5.02 Å². The van der Waals surface area contributed by atoms with Crippen LogP contribution in [-0.2, 0) is 24.4 Å². The molecule has 0 saturated carbocycles. The first-order valence-corrected chi connectivity index (χ1v) is 12.9. The molecule has 0 bridgehead atoms. The maximum absolute atomic E-state index is 13.0. The number of nitrogens with one attached hydrogen (secondary N) is 2. The normalized spacial score (nSPS) is 28.8. The minimum atomic E-state index is -4.41. The van der Waals surface area contributed by atoms with E-state index in [0.717, 1.165) is 12.8 Å². The van der Waals surface area contributed by atoms with Gasteiger partial charge in [-0.15, -0.1) is 0 Å². The van der Waals surface area contributed by atoms with Crippen molar-refractivity contribution in [3.05, 3.63) is 28.5 Å². The number of ether oxygens (including phenoxy) is 1. The molecule has 5 atom stereocenters. The highest BCUT2D eigenvalue weighted by molar-refractivity contribution is 7.89. The van der Waals surface area contributed by atoms with Crippen LogP contribution in [0, 0.1) is 0 Å². The lowest BCUT2D eigenvalue weighted by Crippen LogP contribution is -2.50. The van der Waals surface area contributed by atoms with E-state index in [1.165, 1.54) is 12.1 Å². The summed E-state index contributed by atoms with van der Waals surface area (Å²) < 4.78 is 32.4. The first-order valence-electron chi connectivity index (χ1n) is 11.0. The van der Waals surface area contributed by atoms with E-state index in [9.17, 15) is 28.5 Å². The van der Waals surface area contributed by atoms with Crippen LogP contribution in [0.1, 0.15) is 33.1 Å². The number of aliphatic hydroxyl groups is 2. The number of benzene rings is 1. The number of halogens is 1. The molecule has 2 fully saturated rings. The second kappa shape index (κ2) is 9.61. The maximum Gasteiger partial charge on any atom is 0.270 e. The number of phenols is 1. The van der Waals surface area contributed by atoms with Crippen LogP contribution in [0.3, 0.4) is 0 Å². The molecule has 11 nitrogen and oxygen atoms in total. The number of hydrogen-bond donors (Lipinski definition) is 5. The number of anilines is 1. The number of ketones is 1. The molecular formula is C21H28ClN3O8S. The van der Waals surface area contributed by atoms with Gasteiger partial charge in [0.05, 0.1) is 53.9 Å². The van der Waals surface area contributed by atoms with Crippen LogP contribution >= 0.6 is 11.6 Å². The van der Waals surface area contributed by atoms with E-state index in [1.807, 2.05) is 13.8 Å². The highest BCUT2D eigenvalue weighted by Crippen LogP contribution is 2.41. The molecule has 2 saturated heterocycles. The van der Waals surface area contributed by atoms with E-state index in [1.54, 1.807) is 0 Å². The molecule has 34 heavy (non-hydrogen) atoms. The fourth-order valence-corrected chi connectivity index (χ4v) is 6.15. The molecule has 1 aliphatic carbocycles. The van der Waals surface area contributed by atoms with Crippen LogP contribution in [0.5, 0.6) is 5.75 Å². The lowest BCUT2D eigenvalue weighted by molar-refractivity contribution is -0.125. The highest BCUT2D eigenvalue weighted by Gasteiger charge is 2.42. The summed E-state index contributed by atoms with van der Waals surface area (Å²) in [6.07, 6.45) is -0.00406. The van der Waals surface area contributed by atoms with Crippen molar-refractivity contribution in [2.75, 3.05) is 18.5 Å². The minimum absolute atomic E-state index is 0.0812. The lowest BCUT2D eigenvalue weighted by atomic mass is 9.92. The average molecular weight is 518 g/mol. The molecule has 0 amide bonds. The average Bonchev–Trinajstić information content (AvgIpc) is 3.43. The van der Waals surface area contributed by atoms with E-state index in [4.69, 9.17) is 21.2 Å². The molecule has 1 unspecified atom stereocenters. The van der Waals surface area contributed by atoms with E-state index >= 15 is 0 Å². The van der Waals surface area contributed by atoms with Crippen molar-refractivity contribution in [3.8, 4) is 5.75 Å². The van der Waals surface area contributed by atoms with E-state index in [2.05, 4.69) is 10.6 Å². The summed E-state index contributed by atoms with van der Waals surface area (Å²) in [6.45, 7) is 3.41. The molecule has 4 rings (SSSR count). The second-order valence-electron chi connectivity index (χ2n) is 8.61. The van der Waals surface area contributed by atoms with Crippen LogP contribution in [0.15, 0.2) is 28.4 Å². The van der Waals surface area contributed by atoms with Crippen molar-refractivity contribution >= 4 is 33.1 Å². The molecule has 1 aromatic rings. The molecule has 2 aliphatic heterocycles. The molecule has 2 heterocycles. The fourth-order valence-electron chi connectivity index (χ4n) is 4.27. The predicted molar refractivity (Wildman–Crippen MR) is 121 cm³/mol. The van der Waals surface area contributed by atoms with Crippen LogP contribution < -0.4 is 10.6 Å². The molecule has 0 spiro atoms. The van der Waals surface area contributed by atoms with Gasteiger partial charge in [0.25, 0.3) is 10.0 Å². The van der Waals surface area contributed by atoms with Gasteiger partial charge in [-0.2, -0.15) is 0 Å². The number of hydrogen-bond acceptors (Lipinski definition) is 10. The zero-order chi connectivity index (χ0) is 24.8. The molecule has 5 N–H and O–H groups in total. The van der Waals surface area contributed by atoms with Crippen LogP contribution in [-0.4, -0.2) is 77.6 Å². The Labute approximate surface area is 202 Å². The van der Waals surface area contributed by atoms with Gasteiger partial charge in [0.1, 0.15) is 10.6 Å². The molecule has 0 aromatic heterocycles. The number of Topliss-reactive ketones (excluding diaryl/α,β-unsaturated/α-hetero) is 1. The number of nitrogens with zero attached hydrogens (tertiary/aromatic N) is 1. The van der Waals surface area contributed by atoms with Crippen molar-refractivity contribution in [3.63, 3.8) is 0 Å².